The lowest BCUT2D eigenvalue weighted by molar-refractivity contribution is -0.143. The number of unbranched alkanes of at least 4 members (excludes halogenated alkanes) is 50. The minimum Gasteiger partial charge on any atom is -0.466 e. The van der Waals surface area contributed by atoms with E-state index in [1.165, 1.54) is 308 Å². The van der Waals surface area contributed by atoms with Crippen LogP contribution in [0, 0.1) is 0 Å². The largest absolute Gasteiger partial charge is 0.466 e. The van der Waals surface area contributed by atoms with Crippen molar-refractivity contribution in [2.45, 2.75) is 398 Å². The Hall–Kier alpha value is -2.18. The highest BCUT2D eigenvalue weighted by Crippen LogP contribution is 2.18. The summed E-state index contributed by atoms with van der Waals surface area (Å²) in [7, 11) is 0. The van der Waals surface area contributed by atoms with Crippen LogP contribution < -0.4 is 5.32 Å². The number of esters is 1. The number of ether oxygens (including phenoxy) is 1. The molecule has 470 valence electrons. The van der Waals surface area contributed by atoms with Crippen LogP contribution in [-0.2, 0) is 14.3 Å². The molecule has 0 aliphatic carbocycles. The van der Waals surface area contributed by atoms with Crippen LogP contribution in [0.25, 0.3) is 0 Å². The van der Waals surface area contributed by atoms with Gasteiger partial charge in [-0.3, -0.25) is 9.59 Å². The third-order valence-electron chi connectivity index (χ3n) is 16.6. The van der Waals surface area contributed by atoms with Crippen LogP contribution in [-0.4, -0.2) is 47.4 Å². The summed E-state index contributed by atoms with van der Waals surface area (Å²) >= 11 is 0. The molecular formula is C74H139NO5. The second kappa shape index (κ2) is 69.3. The van der Waals surface area contributed by atoms with E-state index < -0.39 is 12.1 Å². The number of hydrogen-bond donors (Lipinski definition) is 3. The number of aliphatic hydroxyl groups excluding tert-OH is 2. The first-order valence-electron chi connectivity index (χ1n) is 35.9. The number of carbonyl (C=O) groups excluding carboxylic acids is 2. The van der Waals surface area contributed by atoms with Gasteiger partial charge in [0.05, 0.1) is 25.4 Å². The monoisotopic (exact) mass is 1120 g/mol. The van der Waals surface area contributed by atoms with Crippen LogP contribution in [0.4, 0.5) is 0 Å². The minimum atomic E-state index is -0.842. The molecule has 0 aliphatic heterocycles. The second-order valence-corrected chi connectivity index (χ2v) is 24.6. The van der Waals surface area contributed by atoms with E-state index in [0.29, 0.717) is 19.4 Å². The maximum atomic E-state index is 12.5. The first-order chi connectivity index (χ1) is 39.5. The van der Waals surface area contributed by atoms with E-state index in [4.69, 9.17) is 4.74 Å². The van der Waals surface area contributed by atoms with Crippen molar-refractivity contribution in [3.8, 4) is 0 Å². The van der Waals surface area contributed by atoms with Crippen molar-refractivity contribution in [3.63, 3.8) is 0 Å². The van der Waals surface area contributed by atoms with Gasteiger partial charge in [0.1, 0.15) is 0 Å². The fraction of sp³-hybridized carbons (Fsp3) is 0.865. The zero-order valence-corrected chi connectivity index (χ0v) is 53.8. The molecule has 0 bridgehead atoms. The predicted octanol–water partition coefficient (Wildman–Crippen LogP) is 23.3. The Morgan fingerprint density at radius 2 is 0.625 bits per heavy atom. The molecule has 0 saturated heterocycles. The molecule has 1 amide bonds. The fourth-order valence-corrected chi connectivity index (χ4v) is 11.1. The zero-order chi connectivity index (χ0) is 57.8. The normalized spacial score (nSPS) is 12.8. The number of allylic oxidation sites excluding steroid dienone is 7. The summed E-state index contributed by atoms with van der Waals surface area (Å²) in [6, 6.07) is -0.626. The van der Waals surface area contributed by atoms with Gasteiger partial charge in [0.2, 0.25) is 5.91 Å². The topological polar surface area (TPSA) is 95.9 Å². The molecule has 0 saturated carbocycles. The Morgan fingerprint density at radius 3 is 0.963 bits per heavy atom. The van der Waals surface area contributed by atoms with Gasteiger partial charge in [0.25, 0.3) is 0 Å². The van der Waals surface area contributed by atoms with E-state index >= 15 is 0 Å². The predicted molar refractivity (Wildman–Crippen MR) is 352 cm³/mol. The second-order valence-electron chi connectivity index (χ2n) is 24.6. The summed E-state index contributed by atoms with van der Waals surface area (Å²) < 4.78 is 5.49. The van der Waals surface area contributed by atoms with Gasteiger partial charge in [-0.2, -0.15) is 0 Å². The average Bonchev–Trinajstić information content (AvgIpc) is 3.46. The molecule has 80 heavy (non-hydrogen) atoms. The lowest BCUT2D eigenvalue weighted by atomic mass is 10.0. The Kier molecular flexibility index (Phi) is 67.4. The van der Waals surface area contributed by atoms with Crippen molar-refractivity contribution in [3.05, 3.63) is 48.6 Å². The van der Waals surface area contributed by atoms with Crippen LogP contribution in [0.2, 0.25) is 0 Å². The van der Waals surface area contributed by atoms with E-state index in [1.807, 2.05) is 6.08 Å². The van der Waals surface area contributed by atoms with Gasteiger partial charge in [0.15, 0.2) is 0 Å². The summed E-state index contributed by atoms with van der Waals surface area (Å²) in [5, 5.41) is 23.1. The Labute approximate surface area is 499 Å². The average molecular weight is 1120 g/mol. The fourth-order valence-electron chi connectivity index (χ4n) is 11.1. The number of rotatable bonds is 67. The summed E-state index contributed by atoms with van der Waals surface area (Å²) in [4.78, 5) is 24.5. The zero-order valence-electron chi connectivity index (χ0n) is 53.8. The highest BCUT2D eigenvalue weighted by atomic mass is 16.5. The van der Waals surface area contributed by atoms with Crippen molar-refractivity contribution in [2.24, 2.45) is 0 Å². The van der Waals surface area contributed by atoms with E-state index in [9.17, 15) is 19.8 Å². The molecule has 0 aliphatic rings. The Balaban J connectivity index is 3.37. The highest BCUT2D eigenvalue weighted by Gasteiger charge is 2.18. The standard InChI is InChI=1S/C74H139NO5/c1-3-5-7-9-11-13-15-17-39-44-48-52-56-60-64-68-74(79)80-69-65-61-57-53-49-45-41-38-36-34-32-30-28-26-24-22-20-18-19-21-23-25-27-29-31-33-35-37-40-43-47-51-55-59-63-67-73(78)75-71(70-76)72(77)66-62-58-54-50-46-42-16-14-12-10-8-6-4-2/h17,20,22,26,28,39,62,66,71-72,76-77H,3-16,18-19,21,23-25,27,29-38,40-61,63-65,67-70H2,1-2H3,(H,75,78)/b22-20-,28-26-,39-17-,66-62+. The van der Waals surface area contributed by atoms with Crippen molar-refractivity contribution >= 4 is 11.9 Å². The Morgan fingerprint density at radius 1 is 0.350 bits per heavy atom. The van der Waals surface area contributed by atoms with Crippen LogP contribution in [0.5, 0.6) is 0 Å². The lowest BCUT2D eigenvalue weighted by Gasteiger charge is -2.20. The van der Waals surface area contributed by atoms with Crippen molar-refractivity contribution < 1.29 is 24.5 Å². The first kappa shape index (κ1) is 77.8. The van der Waals surface area contributed by atoms with Crippen LogP contribution in [0.15, 0.2) is 48.6 Å². The van der Waals surface area contributed by atoms with Gasteiger partial charge < -0.3 is 20.3 Å². The lowest BCUT2D eigenvalue weighted by Crippen LogP contribution is -2.45. The molecule has 2 atom stereocenters. The Bertz CT molecular complexity index is 1340. The molecule has 0 heterocycles. The van der Waals surface area contributed by atoms with Crippen LogP contribution >= 0.6 is 0 Å². The molecule has 0 spiro atoms. The molecule has 0 aromatic carbocycles. The van der Waals surface area contributed by atoms with E-state index in [1.54, 1.807) is 6.08 Å². The van der Waals surface area contributed by atoms with Gasteiger partial charge in [-0.15, -0.1) is 0 Å². The molecule has 0 aromatic rings. The number of amides is 1. The van der Waals surface area contributed by atoms with Crippen LogP contribution in [0.1, 0.15) is 386 Å². The number of hydrogen-bond acceptors (Lipinski definition) is 5. The smallest absolute Gasteiger partial charge is 0.305 e. The number of carbonyl (C=O) groups is 2. The highest BCUT2D eigenvalue weighted by molar-refractivity contribution is 5.76. The van der Waals surface area contributed by atoms with E-state index in [2.05, 4.69) is 55.6 Å². The molecule has 0 radical (unpaired) electrons. The quantitative estimate of drug-likeness (QED) is 0.0320. The summed E-state index contributed by atoms with van der Waals surface area (Å²) in [6.07, 6.45) is 90.6. The molecule has 0 rings (SSSR count). The van der Waals surface area contributed by atoms with E-state index in [-0.39, 0.29) is 18.5 Å². The maximum absolute atomic E-state index is 12.5. The third kappa shape index (κ3) is 65.0. The maximum Gasteiger partial charge on any atom is 0.305 e. The number of aliphatic hydroxyl groups is 2. The molecule has 3 N–H and O–H groups in total. The molecular weight excluding hydrogens is 983 g/mol. The van der Waals surface area contributed by atoms with Gasteiger partial charge >= 0.3 is 5.97 Å². The SMILES string of the molecule is CCCCCCCC/C=C\CCCCCCCC(=O)OCCCCCCCCCCCCC/C=C\C/C=C\CCCCCCCCCCCCCCCCCCCC(=O)NC(CO)C(O)/C=C/CCCCCCCCCCCCC. The minimum absolute atomic E-state index is 0.00869. The molecule has 6 nitrogen and oxygen atoms in total. The van der Waals surface area contributed by atoms with Gasteiger partial charge in [-0.05, 0) is 89.9 Å². The molecule has 2 unspecified atom stereocenters. The molecule has 6 heteroatoms. The number of nitrogens with one attached hydrogen (secondary N) is 1. The van der Waals surface area contributed by atoms with Gasteiger partial charge in [0, 0.05) is 12.8 Å². The van der Waals surface area contributed by atoms with Crippen LogP contribution in [0.3, 0.4) is 0 Å². The summed E-state index contributed by atoms with van der Waals surface area (Å²) in [6.45, 7) is 4.91. The van der Waals surface area contributed by atoms with Crippen molar-refractivity contribution in [1.29, 1.82) is 0 Å². The van der Waals surface area contributed by atoms with Crippen molar-refractivity contribution in [1.82, 2.24) is 5.32 Å². The van der Waals surface area contributed by atoms with Gasteiger partial charge in [-0.1, -0.05) is 332 Å². The van der Waals surface area contributed by atoms with Crippen molar-refractivity contribution in [2.75, 3.05) is 13.2 Å². The van der Waals surface area contributed by atoms with E-state index in [0.717, 1.165) is 51.4 Å². The third-order valence-corrected chi connectivity index (χ3v) is 16.6. The molecule has 0 fully saturated rings. The first-order valence-corrected chi connectivity index (χ1v) is 35.9. The summed E-state index contributed by atoms with van der Waals surface area (Å²) in [5.41, 5.74) is 0. The van der Waals surface area contributed by atoms with Gasteiger partial charge in [-0.25, -0.2) is 0 Å². The molecule has 0 aromatic heterocycles. The summed E-state index contributed by atoms with van der Waals surface area (Å²) in [5.74, 6) is -0.0560.